The van der Waals surface area contributed by atoms with E-state index in [4.69, 9.17) is 4.99 Å². The molecule has 26 heavy (non-hydrogen) atoms. The highest BCUT2D eigenvalue weighted by Crippen LogP contribution is 2.37. The first-order valence-corrected chi connectivity index (χ1v) is 11.0. The first kappa shape index (κ1) is 17.6. The van der Waals surface area contributed by atoms with Crippen LogP contribution in [0.1, 0.15) is 5.56 Å². The Morgan fingerprint density at radius 3 is 1.77 bits per heavy atom. The van der Waals surface area contributed by atoms with Gasteiger partial charge in [-0.2, -0.15) is 0 Å². The molecular weight excluding hydrogens is 469 g/mol. The minimum absolute atomic E-state index is 1.01. The van der Waals surface area contributed by atoms with Crippen molar-refractivity contribution in [3.8, 4) is 20.9 Å². The molecule has 0 aliphatic heterocycles. The van der Waals surface area contributed by atoms with Crippen molar-refractivity contribution in [3.63, 3.8) is 0 Å². The number of hydrogen-bond acceptors (Lipinski definition) is 3. The fourth-order valence-electron chi connectivity index (χ4n) is 2.70. The molecule has 0 unspecified atom stereocenters. The Morgan fingerprint density at radius 1 is 0.731 bits per heavy atom. The summed E-state index contributed by atoms with van der Waals surface area (Å²) < 4.78 is 2.34. The van der Waals surface area contributed by atoms with Gasteiger partial charge in [-0.05, 0) is 64.4 Å². The zero-order chi connectivity index (χ0) is 17.9. The van der Waals surface area contributed by atoms with Gasteiger partial charge in [0.2, 0.25) is 0 Å². The molecule has 0 fully saturated rings. The van der Waals surface area contributed by atoms with Gasteiger partial charge < -0.3 is 0 Å². The van der Waals surface area contributed by atoms with Gasteiger partial charge in [0.15, 0.2) is 3.98 Å². The van der Waals surface area contributed by atoms with Crippen LogP contribution in [0.3, 0.4) is 0 Å². The third kappa shape index (κ3) is 3.82. The van der Waals surface area contributed by atoms with Crippen LogP contribution >= 0.6 is 45.3 Å². The fraction of sp³-hybridized carbons (Fsp3) is 0.0455. The van der Waals surface area contributed by atoms with E-state index in [0.29, 0.717) is 0 Å². The van der Waals surface area contributed by atoms with Gasteiger partial charge in [0.25, 0.3) is 0 Å². The lowest BCUT2D eigenvalue weighted by Gasteiger charge is -2.02. The zero-order valence-electron chi connectivity index (χ0n) is 14.1. The van der Waals surface area contributed by atoms with Crippen molar-refractivity contribution in [3.05, 3.63) is 92.0 Å². The van der Waals surface area contributed by atoms with Crippen molar-refractivity contribution >= 4 is 51.0 Å². The van der Waals surface area contributed by atoms with Crippen molar-refractivity contribution < 1.29 is 0 Å². The number of hydrogen-bond donors (Lipinski definition) is 0. The molecule has 0 radical (unpaired) electrons. The largest absolute Gasteiger partial charge is 0.228 e. The average Bonchev–Trinajstić information content (AvgIpc) is 3.10. The van der Waals surface area contributed by atoms with Gasteiger partial charge in [-0.15, -0.1) is 22.7 Å². The van der Waals surface area contributed by atoms with E-state index >= 15 is 0 Å². The minimum Gasteiger partial charge on any atom is -0.228 e. The molecule has 1 nitrogen and oxygen atoms in total. The van der Waals surface area contributed by atoms with Gasteiger partial charge >= 0.3 is 0 Å². The molecule has 4 aromatic rings. The minimum atomic E-state index is 1.01. The number of nitrogens with zero attached hydrogens (tertiary/aromatic N) is 1. The molecule has 1 heterocycles. The third-order valence-electron chi connectivity index (χ3n) is 4.02. The molecule has 0 amide bonds. The maximum atomic E-state index is 4.91. The SMILES string of the molecule is Cc1cc(N=c2sc(-c3ccccc3)c(-c3ccccc3)s2)ccc1I. The third-order valence-corrected chi connectivity index (χ3v) is 7.68. The summed E-state index contributed by atoms with van der Waals surface area (Å²) in [5.74, 6) is 0. The average molecular weight is 485 g/mol. The molecule has 0 saturated carbocycles. The zero-order valence-corrected chi connectivity index (χ0v) is 17.9. The van der Waals surface area contributed by atoms with Crippen LogP contribution in [0.2, 0.25) is 0 Å². The lowest BCUT2D eigenvalue weighted by atomic mass is 10.1. The molecule has 3 aromatic carbocycles. The molecule has 1 aromatic heterocycles. The highest BCUT2D eigenvalue weighted by atomic mass is 127. The van der Waals surface area contributed by atoms with Crippen molar-refractivity contribution in [1.82, 2.24) is 0 Å². The summed E-state index contributed by atoms with van der Waals surface area (Å²) in [5.41, 5.74) is 4.76. The van der Waals surface area contributed by atoms with Crippen molar-refractivity contribution in [1.29, 1.82) is 0 Å². The normalized spacial score (nSPS) is 10.7. The van der Waals surface area contributed by atoms with Gasteiger partial charge in [0, 0.05) is 3.57 Å². The second-order valence-electron chi connectivity index (χ2n) is 5.91. The Hall–Kier alpha value is -1.76. The number of aryl methyl sites for hydroxylation is 1. The summed E-state index contributed by atoms with van der Waals surface area (Å²) in [7, 11) is 0. The van der Waals surface area contributed by atoms with Gasteiger partial charge in [-0.1, -0.05) is 60.7 Å². The van der Waals surface area contributed by atoms with Crippen LogP contribution in [0.15, 0.2) is 83.9 Å². The van der Waals surface area contributed by atoms with Gasteiger partial charge in [-0.3, -0.25) is 0 Å². The van der Waals surface area contributed by atoms with E-state index < -0.39 is 0 Å². The molecule has 0 saturated heterocycles. The van der Waals surface area contributed by atoms with Crippen molar-refractivity contribution in [2.75, 3.05) is 0 Å². The quantitative estimate of drug-likeness (QED) is 0.270. The van der Waals surface area contributed by atoms with E-state index in [1.54, 1.807) is 22.7 Å². The standard InChI is InChI=1S/C22H16INS2/c1-15-14-18(12-13-19(15)23)24-22-25-20(16-8-4-2-5-9-16)21(26-22)17-10-6-3-7-11-17/h2-14H,1H3. The predicted octanol–water partition coefficient (Wildman–Crippen LogP) is 7.29. The molecule has 4 rings (SSSR count). The lowest BCUT2D eigenvalue weighted by Crippen LogP contribution is -1.85. The van der Waals surface area contributed by atoms with E-state index in [1.807, 2.05) is 0 Å². The molecule has 0 atom stereocenters. The number of benzene rings is 3. The molecule has 0 bridgehead atoms. The van der Waals surface area contributed by atoms with Crippen LogP contribution in [-0.4, -0.2) is 0 Å². The molecule has 0 aliphatic rings. The van der Waals surface area contributed by atoms with E-state index in [0.717, 1.165) is 9.67 Å². The second-order valence-corrected chi connectivity index (χ2v) is 9.32. The summed E-state index contributed by atoms with van der Waals surface area (Å²) in [6.07, 6.45) is 0. The Kier molecular flexibility index (Phi) is 5.33. The monoisotopic (exact) mass is 485 g/mol. The predicted molar refractivity (Wildman–Crippen MR) is 122 cm³/mol. The molecule has 0 spiro atoms. The Balaban J connectivity index is 1.88. The maximum Gasteiger partial charge on any atom is 0.172 e. The van der Waals surface area contributed by atoms with Crippen molar-refractivity contribution in [2.45, 2.75) is 6.92 Å². The molecule has 0 aliphatic carbocycles. The Bertz CT molecular complexity index is 1040. The highest BCUT2D eigenvalue weighted by molar-refractivity contribution is 14.1. The van der Waals surface area contributed by atoms with Gasteiger partial charge in [0.05, 0.1) is 15.4 Å². The second kappa shape index (κ2) is 7.86. The molecule has 4 heteroatoms. The van der Waals surface area contributed by atoms with Crippen LogP contribution in [0, 0.1) is 10.5 Å². The maximum absolute atomic E-state index is 4.91. The van der Waals surface area contributed by atoms with Gasteiger partial charge in [0.1, 0.15) is 0 Å². The Labute approximate surface area is 174 Å². The van der Waals surface area contributed by atoms with Crippen LogP contribution < -0.4 is 3.98 Å². The first-order valence-electron chi connectivity index (χ1n) is 8.26. The summed E-state index contributed by atoms with van der Waals surface area (Å²) in [6.45, 7) is 2.13. The highest BCUT2D eigenvalue weighted by Gasteiger charge is 2.12. The van der Waals surface area contributed by atoms with E-state index in [1.165, 1.54) is 30.0 Å². The van der Waals surface area contributed by atoms with Crippen molar-refractivity contribution in [2.24, 2.45) is 4.99 Å². The summed E-state index contributed by atoms with van der Waals surface area (Å²) in [5, 5.41) is 0. The van der Waals surface area contributed by atoms with Crippen LogP contribution in [0.4, 0.5) is 5.69 Å². The Morgan fingerprint density at radius 2 is 1.27 bits per heavy atom. The van der Waals surface area contributed by atoms with E-state index in [-0.39, 0.29) is 0 Å². The smallest absolute Gasteiger partial charge is 0.172 e. The first-order chi connectivity index (χ1) is 12.7. The summed E-state index contributed by atoms with van der Waals surface area (Å²) in [4.78, 5) is 7.47. The van der Waals surface area contributed by atoms with Gasteiger partial charge in [-0.25, -0.2) is 4.99 Å². The van der Waals surface area contributed by atoms with Crippen LogP contribution in [0.5, 0.6) is 0 Å². The van der Waals surface area contributed by atoms with E-state index in [2.05, 4.69) is 108 Å². The van der Waals surface area contributed by atoms with E-state index in [9.17, 15) is 0 Å². The summed E-state index contributed by atoms with van der Waals surface area (Å²) >= 11 is 5.89. The molecule has 0 N–H and O–H groups in total. The topological polar surface area (TPSA) is 12.4 Å². The number of halogens is 1. The van der Waals surface area contributed by atoms with Crippen LogP contribution in [0.25, 0.3) is 20.9 Å². The summed E-state index contributed by atoms with van der Waals surface area (Å²) in [6, 6.07) is 27.5. The lowest BCUT2D eigenvalue weighted by molar-refractivity contribution is 1.37. The number of rotatable bonds is 3. The van der Waals surface area contributed by atoms with Crippen LogP contribution in [-0.2, 0) is 0 Å². The molecular formula is C22H16INS2. The molecule has 128 valence electrons. The fourth-order valence-corrected chi connectivity index (χ4v) is 5.53.